The molecule has 0 aliphatic heterocycles. The molecule has 0 saturated carbocycles. The monoisotopic (exact) mass is 264 g/mol. The highest BCUT2D eigenvalue weighted by atomic mass is 16.1. The number of hydrogen-bond donors (Lipinski definition) is 1. The highest BCUT2D eigenvalue weighted by molar-refractivity contribution is 5.96. The molecular weight excluding hydrogens is 248 g/mol. The molecule has 0 bridgehead atoms. The molecule has 20 heavy (non-hydrogen) atoms. The summed E-state index contributed by atoms with van der Waals surface area (Å²) in [4.78, 5) is 12.2. The van der Waals surface area contributed by atoms with Crippen LogP contribution in [0, 0.1) is 25.2 Å². The lowest BCUT2D eigenvalue weighted by Crippen LogP contribution is -2.28. The van der Waals surface area contributed by atoms with Crippen LogP contribution >= 0.6 is 0 Å². The van der Waals surface area contributed by atoms with E-state index in [1.807, 2.05) is 56.3 Å². The lowest BCUT2D eigenvalue weighted by Gasteiger charge is -2.13. The van der Waals surface area contributed by atoms with Crippen LogP contribution < -0.4 is 5.32 Å². The van der Waals surface area contributed by atoms with Crippen LogP contribution in [-0.2, 0) is 0 Å². The van der Waals surface area contributed by atoms with E-state index < -0.39 is 6.04 Å². The molecule has 2 aromatic rings. The topological polar surface area (TPSA) is 52.9 Å². The fourth-order valence-electron chi connectivity index (χ4n) is 1.99. The highest BCUT2D eigenvalue weighted by Crippen LogP contribution is 2.15. The summed E-state index contributed by atoms with van der Waals surface area (Å²) in [6, 6.07) is 16.4. The van der Waals surface area contributed by atoms with E-state index in [1.54, 1.807) is 6.07 Å². The number of benzene rings is 2. The van der Waals surface area contributed by atoms with Gasteiger partial charge in [0.15, 0.2) is 0 Å². The molecule has 0 aromatic heterocycles. The van der Waals surface area contributed by atoms with Gasteiger partial charge in [-0.25, -0.2) is 0 Å². The largest absolute Gasteiger partial charge is 0.332 e. The molecule has 0 aliphatic carbocycles. The number of nitrogens with one attached hydrogen (secondary N) is 1. The first-order valence-electron chi connectivity index (χ1n) is 6.44. The maximum Gasteiger partial charge on any atom is 0.252 e. The van der Waals surface area contributed by atoms with Crippen molar-refractivity contribution < 1.29 is 4.79 Å². The van der Waals surface area contributed by atoms with Crippen molar-refractivity contribution in [2.24, 2.45) is 0 Å². The molecule has 0 aliphatic rings. The van der Waals surface area contributed by atoms with Crippen molar-refractivity contribution in [2.75, 3.05) is 0 Å². The Kier molecular flexibility index (Phi) is 4.17. The van der Waals surface area contributed by atoms with Gasteiger partial charge in [0.2, 0.25) is 0 Å². The number of nitriles is 1. The molecule has 2 rings (SSSR count). The number of nitrogens with zero attached hydrogens (tertiary/aromatic N) is 1. The predicted octanol–water partition coefficient (Wildman–Crippen LogP) is 3.30. The summed E-state index contributed by atoms with van der Waals surface area (Å²) < 4.78 is 0. The lowest BCUT2D eigenvalue weighted by molar-refractivity contribution is 0.0944. The van der Waals surface area contributed by atoms with Crippen LogP contribution in [0.4, 0.5) is 0 Å². The summed E-state index contributed by atoms with van der Waals surface area (Å²) in [7, 11) is 0. The van der Waals surface area contributed by atoms with E-state index in [9.17, 15) is 10.1 Å². The molecule has 0 fully saturated rings. The molecule has 100 valence electrons. The number of aryl methyl sites for hydroxylation is 2. The third-order valence-electron chi connectivity index (χ3n) is 3.20. The van der Waals surface area contributed by atoms with Crippen molar-refractivity contribution in [2.45, 2.75) is 19.9 Å². The van der Waals surface area contributed by atoms with Gasteiger partial charge in [-0.2, -0.15) is 5.26 Å². The maximum absolute atomic E-state index is 12.2. The summed E-state index contributed by atoms with van der Waals surface area (Å²) in [6.07, 6.45) is 0. The Balaban J connectivity index is 2.19. The third kappa shape index (κ3) is 3.04. The van der Waals surface area contributed by atoms with Gasteiger partial charge < -0.3 is 5.32 Å². The molecule has 3 nitrogen and oxygen atoms in total. The third-order valence-corrected chi connectivity index (χ3v) is 3.20. The average molecular weight is 264 g/mol. The normalized spacial score (nSPS) is 11.4. The molecule has 0 saturated heterocycles. The Hall–Kier alpha value is -2.60. The van der Waals surface area contributed by atoms with Crippen LogP contribution in [0.1, 0.15) is 33.1 Å². The van der Waals surface area contributed by atoms with E-state index in [4.69, 9.17) is 0 Å². The van der Waals surface area contributed by atoms with E-state index in [-0.39, 0.29) is 5.91 Å². The zero-order chi connectivity index (χ0) is 14.5. The Morgan fingerprint density at radius 1 is 1.10 bits per heavy atom. The van der Waals surface area contributed by atoms with Crippen molar-refractivity contribution in [3.05, 3.63) is 70.8 Å². The Bertz CT molecular complexity index is 653. The summed E-state index contributed by atoms with van der Waals surface area (Å²) in [5, 5.41) is 12.0. The van der Waals surface area contributed by atoms with Crippen molar-refractivity contribution >= 4 is 5.91 Å². The molecule has 1 N–H and O–H groups in total. The second-order valence-electron chi connectivity index (χ2n) is 4.76. The van der Waals surface area contributed by atoms with E-state index in [0.29, 0.717) is 5.56 Å². The number of carbonyl (C=O) groups excluding carboxylic acids is 1. The first kappa shape index (κ1) is 13.8. The molecule has 0 radical (unpaired) electrons. The lowest BCUT2D eigenvalue weighted by atomic mass is 10.0. The van der Waals surface area contributed by atoms with Gasteiger partial charge >= 0.3 is 0 Å². The van der Waals surface area contributed by atoms with E-state index in [0.717, 1.165) is 16.7 Å². The predicted molar refractivity (Wildman–Crippen MR) is 78.2 cm³/mol. The fraction of sp³-hybridized carbons (Fsp3) is 0.176. The second-order valence-corrected chi connectivity index (χ2v) is 4.76. The van der Waals surface area contributed by atoms with E-state index >= 15 is 0 Å². The number of rotatable bonds is 3. The minimum atomic E-state index is -0.636. The van der Waals surface area contributed by atoms with Gasteiger partial charge in [0, 0.05) is 5.56 Å². The van der Waals surface area contributed by atoms with Gasteiger partial charge in [-0.15, -0.1) is 0 Å². The number of hydrogen-bond acceptors (Lipinski definition) is 2. The van der Waals surface area contributed by atoms with Crippen molar-refractivity contribution in [3.63, 3.8) is 0 Å². The van der Waals surface area contributed by atoms with Crippen LogP contribution in [0.5, 0.6) is 0 Å². The van der Waals surface area contributed by atoms with Crippen molar-refractivity contribution in [3.8, 4) is 6.07 Å². The maximum atomic E-state index is 12.2. The fourth-order valence-corrected chi connectivity index (χ4v) is 1.99. The Morgan fingerprint density at radius 3 is 2.35 bits per heavy atom. The van der Waals surface area contributed by atoms with Crippen LogP contribution in [0.25, 0.3) is 0 Å². The molecular formula is C17H16N2O. The summed E-state index contributed by atoms with van der Waals surface area (Å²) in [5.74, 6) is -0.227. The number of carbonyl (C=O) groups is 1. The standard InChI is InChI=1S/C17H16N2O/c1-12-7-9-14(10-8-12)16(11-18)19-17(20)15-6-4-3-5-13(15)2/h3-10,16H,1-2H3,(H,19,20). The van der Waals surface area contributed by atoms with Gasteiger partial charge in [-0.3, -0.25) is 4.79 Å². The zero-order valence-corrected chi connectivity index (χ0v) is 11.6. The Labute approximate surface area is 118 Å². The molecule has 1 amide bonds. The second kappa shape index (κ2) is 6.03. The van der Waals surface area contributed by atoms with Crippen LogP contribution in [0.3, 0.4) is 0 Å². The van der Waals surface area contributed by atoms with Crippen LogP contribution in [-0.4, -0.2) is 5.91 Å². The van der Waals surface area contributed by atoms with Crippen molar-refractivity contribution in [1.29, 1.82) is 5.26 Å². The molecule has 2 aromatic carbocycles. The van der Waals surface area contributed by atoms with E-state index in [1.165, 1.54) is 0 Å². The molecule has 0 heterocycles. The Morgan fingerprint density at radius 2 is 1.75 bits per heavy atom. The van der Waals surface area contributed by atoms with Gasteiger partial charge in [0.1, 0.15) is 6.04 Å². The van der Waals surface area contributed by atoms with Crippen molar-refractivity contribution in [1.82, 2.24) is 5.32 Å². The number of amides is 1. The van der Waals surface area contributed by atoms with E-state index in [2.05, 4.69) is 11.4 Å². The quantitative estimate of drug-likeness (QED) is 0.924. The summed E-state index contributed by atoms with van der Waals surface area (Å²) >= 11 is 0. The first-order valence-corrected chi connectivity index (χ1v) is 6.44. The first-order chi connectivity index (χ1) is 9.61. The smallest absolute Gasteiger partial charge is 0.252 e. The minimum Gasteiger partial charge on any atom is -0.332 e. The molecule has 1 unspecified atom stereocenters. The van der Waals surface area contributed by atoms with Gasteiger partial charge in [0.25, 0.3) is 5.91 Å². The molecule has 3 heteroatoms. The molecule has 1 atom stereocenters. The van der Waals surface area contributed by atoms with Crippen LogP contribution in [0.15, 0.2) is 48.5 Å². The van der Waals surface area contributed by atoms with Crippen LogP contribution in [0.2, 0.25) is 0 Å². The van der Waals surface area contributed by atoms with Gasteiger partial charge in [0.05, 0.1) is 6.07 Å². The SMILES string of the molecule is Cc1ccc(C(C#N)NC(=O)c2ccccc2C)cc1. The highest BCUT2D eigenvalue weighted by Gasteiger charge is 2.15. The summed E-state index contributed by atoms with van der Waals surface area (Å²) in [6.45, 7) is 3.86. The minimum absolute atomic E-state index is 0.227. The van der Waals surface area contributed by atoms with Gasteiger partial charge in [-0.05, 0) is 31.0 Å². The van der Waals surface area contributed by atoms with Gasteiger partial charge in [-0.1, -0.05) is 48.0 Å². The zero-order valence-electron chi connectivity index (χ0n) is 11.6. The average Bonchev–Trinajstić information content (AvgIpc) is 2.46. The molecule has 0 spiro atoms. The summed E-state index contributed by atoms with van der Waals surface area (Å²) in [5.41, 5.74) is 3.40.